The zero-order chi connectivity index (χ0) is 29.0. The zero-order valence-electron chi connectivity index (χ0n) is 23.5. The normalized spacial score (nSPS) is 11.6. The van der Waals surface area contributed by atoms with Crippen molar-refractivity contribution in [1.82, 2.24) is 29.1 Å². The van der Waals surface area contributed by atoms with E-state index in [-0.39, 0.29) is 0 Å². The maximum absolute atomic E-state index is 5.12. The van der Waals surface area contributed by atoms with Gasteiger partial charge in [0, 0.05) is 33.5 Å². The second kappa shape index (κ2) is 9.71. The average molecular weight is 565 g/mol. The van der Waals surface area contributed by atoms with E-state index < -0.39 is 0 Å². The van der Waals surface area contributed by atoms with Gasteiger partial charge in [-0.1, -0.05) is 109 Å². The van der Waals surface area contributed by atoms with Crippen LogP contribution in [0.3, 0.4) is 0 Å². The highest BCUT2D eigenvalue weighted by Gasteiger charge is 2.22. The lowest BCUT2D eigenvalue weighted by atomic mass is 10.2. The van der Waals surface area contributed by atoms with Crippen LogP contribution in [0.15, 0.2) is 146 Å². The van der Waals surface area contributed by atoms with E-state index in [1.165, 1.54) is 10.8 Å². The molecule has 4 heterocycles. The molecule has 0 aliphatic heterocycles. The molecule has 0 saturated carbocycles. The first-order chi connectivity index (χ1) is 21.8. The molecule has 6 nitrogen and oxygen atoms in total. The molecular weight excluding hydrogens is 540 g/mol. The van der Waals surface area contributed by atoms with E-state index in [1.54, 1.807) is 0 Å². The Hall–Kier alpha value is -6.14. The van der Waals surface area contributed by atoms with E-state index in [1.807, 2.05) is 72.9 Å². The van der Waals surface area contributed by atoms with E-state index in [2.05, 4.69) is 81.9 Å². The highest BCUT2D eigenvalue weighted by molar-refractivity contribution is 6.13. The monoisotopic (exact) mass is 564 g/mol. The Morgan fingerprint density at radius 1 is 0.409 bits per heavy atom. The van der Waals surface area contributed by atoms with Gasteiger partial charge in [-0.25, -0.2) is 4.98 Å². The quantitative estimate of drug-likeness (QED) is 0.214. The molecule has 0 unspecified atom stereocenters. The second-order valence-corrected chi connectivity index (χ2v) is 10.8. The number of hydrogen-bond acceptors (Lipinski definition) is 4. The van der Waals surface area contributed by atoms with E-state index in [9.17, 15) is 0 Å². The van der Waals surface area contributed by atoms with Crippen LogP contribution in [0.4, 0.5) is 0 Å². The highest BCUT2D eigenvalue weighted by Crippen LogP contribution is 2.38. The Bertz CT molecular complexity index is 2380. The number of aromatic nitrogens is 6. The lowest BCUT2D eigenvalue weighted by Crippen LogP contribution is -2.08. The third kappa shape index (κ3) is 3.68. The van der Waals surface area contributed by atoms with Gasteiger partial charge < -0.3 is 4.57 Å². The Labute approximate surface area is 252 Å². The van der Waals surface area contributed by atoms with Gasteiger partial charge in [-0.3, -0.25) is 9.55 Å². The Balaban J connectivity index is 1.43. The van der Waals surface area contributed by atoms with Crippen molar-refractivity contribution in [3.8, 4) is 34.4 Å². The fourth-order valence-electron chi connectivity index (χ4n) is 6.33. The highest BCUT2D eigenvalue weighted by atomic mass is 15.2. The van der Waals surface area contributed by atoms with Gasteiger partial charge in [0.25, 0.3) is 0 Å². The van der Waals surface area contributed by atoms with Crippen LogP contribution in [-0.4, -0.2) is 29.1 Å². The third-order valence-corrected chi connectivity index (χ3v) is 8.23. The fourth-order valence-corrected chi connectivity index (χ4v) is 6.33. The molecule has 4 aromatic heterocycles. The molecule has 0 fully saturated rings. The number of rotatable bonds is 4. The standard InChI is InChI=1S/C38H24N6/c1-3-13-25(14-4-1)36-40-37(26-15-5-2-6-16-26)42-38(41-36)44-32-23-12-24-39-34(32)29-19-11-22-33(35(29)44)43-30-20-9-7-17-27(30)28-18-8-10-21-31(28)43/h1-24H. The topological polar surface area (TPSA) is 61.4 Å². The molecule has 0 N–H and O–H groups in total. The van der Waals surface area contributed by atoms with Gasteiger partial charge >= 0.3 is 0 Å². The molecular formula is C38H24N6. The molecule has 9 rings (SSSR count). The Kier molecular flexibility index (Phi) is 5.40. The Morgan fingerprint density at radius 2 is 0.955 bits per heavy atom. The van der Waals surface area contributed by atoms with Gasteiger partial charge in [0.05, 0.1) is 33.3 Å². The molecule has 0 radical (unpaired) electrons. The van der Waals surface area contributed by atoms with Crippen LogP contribution in [0.25, 0.3) is 78.2 Å². The largest absolute Gasteiger partial charge is 0.307 e. The third-order valence-electron chi connectivity index (χ3n) is 8.23. The predicted molar refractivity (Wildman–Crippen MR) is 177 cm³/mol. The van der Waals surface area contributed by atoms with Gasteiger partial charge in [-0.05, 0) is 30.3 Å². The molecule has 9 aromatic rings. The van der Waals surface area contributed by atoms with E-state index in [0.717, 1.165) is 49.8 Å². The van der Waals surface area contributed by atoms with Gasteiger partial charge in [0.1, 0.15) is 0 Å². The van der Waals surface area contributed by atoms with Crippen molar-refractivity contribution in [3.63, 3.8) is 0 Å². The lowest BCUT2D eigenvalue weighted by Gasteiger charge is -2.14. The predicted octanol–water partition coefficient (Wildman–Crippen LogP) is 8.79. The van der Waals surface area contributed by atoms with Crippen LogP contribution >= 0.6 is 0 Å². The van der Waals surface area contributed by atoms with Crippen LogP contribution in [0, 0.1) is 0 Å². The van der Waals surface area contributed by atoms with E-state index in [4.69, 9.17) is 19.9 Å². The summed E-state index contributed by atoms with van der Waals surface area (Å²) < 4.78 is 4.50. The van der Waals surface area contributed by atoms with Crippen LogP contribution in [-0.2, 0) is 0 Å². The maximum Gasteiger partial charge on any atom is 0.238 e. The number of nitrogens with zero attached hydrogens (tertiary/aromatic N) is 6. The minimum Gasteiger partial charge on any atom is -0.307 e. The summed E-state index contributed by atoms with van der Waals surface area (Å²) >= 11 is 0. The van der Waals surface area contributed by atoms with Crippen molar-refractivity contribution in [2.24, 2.45) is 0 Å². The van der Waals surface area contributed by atoms with Crippen molar-refractivity contribution in [2.45, 2.75) is 0 Å². The van der Waals surface area contributed by atoms with Gasteiger partial charge in [0.15, 0.2) is 11.6 Å². The second-order valence-electron chi connectivity index (χ2n) is 10.8. The van der Waals surface area contributed by atoms with Crippen molar-refractivity contribution in [2.75, 3.05) is 0 Å². The number of fused-ring (bicyclic) bond motifs is 6. The number of pyridine rings is 1. The van der Waals surface area contributed by atoms with Gasteiger partial charge in [-0.15, -0.1) is 0 Å². The van der Waals surface area contributed by atoms with Crippen LogP contribution in [0.5, 0.6) is 0 Å². The first kappa shape index (κ1) is 24.5. The molecule has 206 valence electrons. The van der Waals surface area contributed by atoms with Crippen LogP contribution in [0.2, 0.25) is 0 Å². The number of hydrogen-bond donors (Lipinski definition) is 0. The van der Waals surface area contributed by atoms with Crippen molar-refractivity contribution in [3.05, 3.63) is 146 Å². The smallest absolute Gasteiger partial charge is 0.238 e. The van der Waals surface area contributed by atoms with E-state index >= 15 is 0 Å². The average Bonchev–Trinajstić information content (AvgIpc) is 3.62. The number of para-hydroxylation sites is 3. The molecule has 0 aliphatic rings. The van der Waals surface area contributed by atoms with Crippen molar-refractivity contribution in [1.29, 1.82) is 0 Å². The summed E-state index contributed by atoms with van der Waals surface area (Å²) in [5, 5.41) is 3.44. The fraction of sp³-hybridized carbons (Fsp3) is 0. The molecule has 5 aromatic carbocycles. The summed E-state index contributed by atoms with van der Waals surface area (Å²) in [4.78, 5) is 20.0. The summed E-state index contributed by atoms with van der Waals surface area (Å²) in [6.07, 6.45) is 1.84. The first-order valence-electron chi connectivity index (χ1n) is 14.6. The summed E-state index contributed by atoms with van der Waals surface area (Å²) in [5.41, 5.74) is 7.96. The maximum atomic E-state index is 5.12. The molecule has 0 atom stereocenters. The molecule has 0 aliphatic carbocycles. The molecule has 0 spiro atoms. The van der Waals surface area contributed by atoms with Crippen molar-refractivity contribution >= 4 is 43.7 Å². The molecule has 44 heavy (non-hydrogen) atoms. The molecule has 0 saturated heterocycles. The first-order valence-corrected chi connectivity index (χ1v) is 14.6. The number of benzene rings is 5. The zero-order valence-corrected chi connectivity index (χ0v) is 23.5. The summed E-state index contributed by atoms with van der Waals surface area (Å²) in [6, 6.07) is 47.8. The summed E-state index contributed by atoms with van der Waals surface area (Å²) in [6.45, 7) is 0. The summed E-state index contributed by atoms with van der Waals surface area (Å²) in [5.74, 6) is 1.77. The van der Waals surface area contributed by atoms with Gasteiger partial charge in [0.2, 0.25) is 5.95 Å². The van der Waals surface area contributed by atoms with Gasteiger partial charge in [-0.2, -0.15) is 9.97 Å². The molecule has 6 heteroatoms. The minimum absolute atomic E-state index is 0.541. The van der Waals surface area contributed by atoms with Crippen LogP contribution in [0.1, 0.15) is 0 Å². The summed E-state index contributed by atoms with van der Waals surface area (Å²) in [7, 11) is 0. The minimum atomic E-state index is 0.541. The Morgan fingerprint density at radius 3 is 1.59 bits per heavy atom. The molecule has 0 amide bonds. The van der Waals surface area contributed by atoms with E-state index in [0.29, 0.717) is 17.6 Å². The molecule has 0 bridgehead atoms. The SMILES string of the molecule is c1ccc(-c2nc(-c3ccccc3)nc(-n3c4cccnc4c4cccc(-n5c6ccccc6c6ccccc65)c43)n2)cc1. The van der Waals surface area contributed by atoms with Crippen LogP contribution < -0.4 is 0 Å². The van der Waals surface area contributed by atoms with Crippen molar-refractivity contribution < 1.29 is 0 Å². The lowest BCUT2D eigenvalue weighted by molar-refractivity contribution is 0.949.